The molecule has 5 aliphatic rings. The smallest absolute Gasteiger partial charge is 0.305 e. The van der Waals surface area contributed by atoms with Crippen LogP contribution in [0.15, 0.2) is 12.1 Å². The Hall–Kier alpha value is -2.11. The van der Waals surface area contributed by atoms with Gasteiger partial charge in [-0.3, -0.25) is 9.59 Å². The Morgan fingerprint density at radius 3 is 2.73 bits per heavy atom. The molecule has 4 saturated carbocycles. The first-order valence-corrected chi connectivity index (χ1v) is 12.9. The Morgan fingerprint density at radius 2 is 1.94 bits per heavy atom. The molecule has 33 heavy (non-hydrogen) atoms. The van der Waals surface area contributed by atoms with E-state index in [1.165, 1.54) is 44.6 Å². The standard InChI is InChI=1S/C27H34FNO4/c28-23-12-24(33-15-27-6-5-18-8-16(13-27)9-19(18)14-27)21(17-3-4-17)11-22(23)26(32)29-7-1-2-20(29)10-25(30)31/h11-12,16-20H,1-10,13-15H2,(H,30,31)/t16?,18?,19?,20-,27?/m0/s1. The quantitative estimate of drug-likeness (QED) is 0.600. The highest BCUT2D eigenvalue weighted by atomic mass is 19.1. The summed E-state index contributed by atoms with van der Waals surface area (Å²) in [4.78, 5) is 26.0. The maximum absolute atomic E-state index is 15.2. The van der Waals surface area contributed by atoms with Crippen molar-refractivity contribution < 1.29 is 23.8 Å². The van der Waals surface area contributed by atoms with Gasteiger partial charge in [0.15, 0.2) is 0 Å². The minimum absolute atomic E-state index is 0.0657. The van der Waals surface area contributed by atoms with Crippen LogP contribution in [0, 0.1) is 29.0 Å². The van der Waals surface area contributed by atoms with Gasteiger partial charge in [0.25, 0.3) is 5.91 Å². The van der Waals surface area contributed by atoms with E-state index >= 15 is 4.39 Å². The molecular weight excluding hydrogens is 421 g/mol. The van der Waals surface area contributed by atoms with E-state index in [2.05, 4.69) is 0 Å². The summed E-state index contributed by atoms with van der Waals surface area (Å²) in [6.07, 6.45) is 11.2. The molecule has 5 atom stereocenters. The molecule has 4 aliphatic carbocycles. The summed E-state index contributed by atoms with van der Waals surface area (Å²) in [5.41, 5.74) is 1.26. The minimum atomic E-state index is -0.924. The fourth-order valence-corrected chi connectivity index (χ4v) is 7.72. The second-order valence-electron chi connectivity index (χ2n) is 11.6. The number of nitrogens with zero attached hydrogens (tertiary/aromatic N) is 1. The van der Waals surface area contributed by atoms with E-state index < -0.39 is 11.8 Å². The topological polar surface area (TPSA) is 66.8 Å². The van der Waals surface area contributed by atoms with Crippen molar-refractivity contribution in [2.24, 2.45) is 23.2 Å². The number of carboxylic acids is 1. The molecule has 5 nitrogen and oxygen atoms in total. The average Bonchev–Trinajstić information content (AvgIpc) is 3.47. The van der Waals surface area contributed by atoms with Gasteiger partial charge in [0.1, 0.15) is 11.6 Å². The fourth-order valence-electron chi connectivity index (χ4n) is 7.72. The van der Waals surface area contributed by atoms with Crippen molar-refractivity contribution in [1.82, 2.24) is 4.90 Å². The molecule has 0 spiro atoms. The van der Waals surface area contributed by atoms with Gasteiger partial charge in [0.05, 0.1) is 18.6 Å². The van der Waals surface area contributed by atoms with Crippen molar-refractivity contribution in [3.05, 3.63) is 29.1 Å². The number of rotatable bonds is 7. The number of amides is 1. The summed E-state index contributed by atoms with van der Waals surface area (Å²) in [6.45, 7) is 1.14. The van der Waals surface area contributed by atoms with Gasteiger partial charge in [0.2, 0.25) is 0 Å². The molecule has 6 rings (SSSR count). The van der Waals surface area contributed by atoms with E-state index in [0.717, 1.165) is 42.6 Å². The Morgan fingerprint density at radius 1 is 1.12 bits per heavy atom. The molecule has 4 unspecified atom stereocenters. The van der Waals surface area contributed by atoms with Crippen molar-refractivity contribution in [2.45, 2.75) is 82.6 Å². The van der Waals surface area contributed by atoms with Gasteiger partial charge in [-0.1, -0.05) is 0 Å². The van der Waals surface area contributed by atoms with Gasteiger partial charge in [-0.2, -0.15) is 0 Å². The van der Waals surface area contributed by atoms with Gasteiger partial charge in [-0.15, -0.1) is 0 Å². The zero-order valence-corrected chi connectivity index (χ0v) is 19.2. The van der Waals surface area contributed by atoms with Crippen molar-refractivity contribution in [1.29, 1.82) is 0 Å². The average molecular weight is 456 g/mol. The lowest BCUT2D eigenvalue weighted by Gasteiger charge is -2.44. The van der Waals surface area contributed by atoms with Crippen LogP contribution in [-0.4, -0.2) is 41.1 Å². The van der Waals surface area contributed by atoms with Gasteiger partial charge in [0, 0.05) is 24.1 Å². The van der Waals surface area contributed by atoms with Crippen molar-refractivity contribution >= 4 is 11.9 Å². The highest BCUT2D eigenvalue weighted by Gasteiger charge is 2.52. The lowest BCUT2D eigenvalue weighted by atomic mass is 9.62. The van der Waals surface area contributed by atoms with Gasteiger partial charge >= 0.3 is 5.97 Å². The van der Waals surface area contributed by atoms with E-state index in [1.807, 2.05) is 0 Å². The number of benzene rings is 1. The molecule has 1 saturated heterocycles. The Balaban J connectivity index is 1.22. The number of hydrogen-bond acceptors (Lipinski definition) is 3. The molecule has 1 aliphatic heterocycles. The minimum Gasteiger partial charge on any atom is -0.493 e. The molecule has 0 aromatic heterocycles. The first-order valence-electron chi connectivity index (χ1n) is 12.9. The SMILES string of the molecule is O=C(O)C[C@@H]1CCCN1C(=O)c1cc(C2CC2)c(OCC23CCC4CC(CC4C2)C3)cc1F. The number of hydrogen-bond donors (Lipinski definition) is 1. The summed E-state index contributed by atoms with van der Waals surface area (Å²) >= 11 is 0. The molecule has 1 amide bonds. The summed E-state index contributed by atoms with van der Waals surface area (Å²) < 4.78 is 21.6. The molecule has 0 radical (unpaired) electrons. The van der Waals surface area contributed by atoms with Gasteiger partial charge in [-0.25, -0.2) is 4.39 Å². The molecular formula is C27H34FNO4. The number of carbonyl (C=O) groups excluding carboxylic acids is 1. The maximum atomic E-state index is 15.2. The molecule has 6 heteroatoms. The van der Waals surface area contributed by atoms with Crippen LogP contribution >= 0.6 is 0 Å². The highest BCUT2D eigenvalue weighted by molar-refractivity contribution is 5.95. The number of aliphatic carboxylic acids is 1. The third kappa shape index (κ3) is 3.93. The molecule has 1 aromatic carbocycles. The zero-order valence-electron chi connectivity index (χ0n) is 19.2. The Bertz CT molecular complexity index is 971. The number of halogens is 1. The predicted octanol–water partition coefficient (Wildman–Crippen LogP) is 5.38. The third-order valence-electron chi connectivity index (χ3n) is 9.33. The van der Waals surface area contributed by atoms with Gasteiger partial charge < -0.3 is 14.7 Å². The van der Waals surface area contributed by atoms with Crippen molar-refractivity contribution in [3.63, 3.8) is 0 Å². The van der Waals surface area contributed by atoms with E-state index in [1.54, 1.807) is 11.0 Å². The summed E-state index contributed by atoms with van der Waals surface area (Å²) in [7, 11) is 0. The number of fused-ring (bicyclic) bond motifs is 2. The van der Waals surface area contributed by atoms with Crippen LogP contribution in [-0.2, 0) is 4.79 Å². The van der Waals surface area contributed by atoms with E-state index in [9.17, 15) is 14.7 Å². The molecule has 1 heterocycles. The van der Waals surface area contributed by atoms with Crippen LogP contribution in [0.4, 0.5) is 4.39 Å². The predicted molar refractivity (Wildman–Crippen MR) is 121 cm³/mol. The number of carboxylic acid groups (broad SMARTS) is 1. The normalized spacial score (nSPS) is 34.6. The van der Waals surface area contributed by atoms with E-state index in [-0.39, 0.29) is 29.3 Å². The Labute approximate surface area is 194 Å². The fraction of sp³-hybridized carbons (Fsp3) is 0.704. The summed E-state index contributed by atoms with van der Waals surface area (Å²) in [5, 5.41) is 9.18. The lowest BCUT2D eigenvalue weighted by Crippen LogP contribution is -2.39. The number of carbonyl (C=O) groups is 2. The molecule has 3 bridgehead atoms. The monoisotopic (exact) mass is 455 g/mol. The zero-order chi connectivity index (χ0) is 22.7. The van der Waals surface area contributed by atoms with Crippen LogP contribution in [0.3, 0.4) is 0 Å². The largest absolute Gasteiger partial charge is 0.493 e. The van der Waals surface area contributed by atoms with Gasteiger partial charge in [-0.05, 0) is 99.5 Å². The maximum Gasteiger partial charge on any atom is 0.305 e. The molecule has 178 valence electrons. The van der Waals surface area contributed by atoms with Crippen LogP contribution in [0.5, 0.6) is 5.75 Å². The number of ether oxygens (including phenoxy) is 1. The van der Waals surface area contributed by atoms with Crippen molar-refractivity contribution in [2.75, 3.05) is 13.2 Å². The summed E-state index contributed by atoms with van der Waals surface area (Å²) in [5.74, 6) is 1.72. The first-order chi connectivity index (χ1) is 15.9. The van der Waals surface area contributed by atoms with Crippen LogP contribution in [0.25, 0.3) is 0 Å². The van der Waals surface area contributed by atoms with Crippen molar-refractivity contribution in [3.8, 4) is 5.75 Å². The van der Waals surface area contributed by atoms with Crippen LogP contribution in [0.2, 0.25) is 0 Å². The Kier molecular flexibility index (Phi) is 5.19. The molecule has 1 N–H and O–H groups in total. The third-order valence-corrected chi connectivity index (χ3v) is 9.33. The van der Waals surface area contributed by atoms with E-state index in [4.69, 9.17) is 4.74 Å². The first kappa shape index (κ1) is 21.4. The second kappa shape index (κ2) is 7.99. The second-order valence-corrected chi connectivity index (χ2v) is 11.6. The van der Waals surface area contributed by atoms with Crippen LogP contribution < -0.4 is 4.74 Å². The molecule has 5 fully saturated rings. The number of likely N-dealkylation sites (tertiary alicyclic amines) is 1. The highest BCUT2D eigenvalue weighted by Crippen LogP contribution is 2.60. The molecule has 1 aromatic rings. The van der Waals surface area contributed by atoms with Crippen LogP contribution in [0.1, 0.15) is 92.5 Å². The lowest BCUT2D eigenvalue weighted by molar-refractivity contribution is -0.137. The summed E-state index contributed by atoms with van der Waals surface area (Å²) in [6, 6.07) is 2.79. The van der Waals surface area contributed by atoms with E-state index in [0.29, 0.717) is 31.2 Å².